The molecule has 1 heterocycles. The third kappa shape index (κ3) is 1.85. The molecule has 0 atom stereocenters. The highest BCUT2D eigenvalue weighted by Gasteiger charge is 2.28. The van der Waals surface area contributed by atoms with Crippen molar-refractivity contribution in [3.8, 4) is 6.07 Å². The van der Waals surface area contributed by atoms with E-state index in [4.69, 9.17) is 5.26 Å². The Bertz CT molecular complexity index is 456. The van der Waals surface area contributed by atoms with Crippen molar-refractivity contribution in [3.05, 3.63) is 33.4 Å². The summed E-state index contributed by atoms with van der Waals surface area (Å²) in [5.74, 6) is -1.55. The van der Waals surface area contributed by atoms with Crippen molar-refractivity contribution in [2.75, 3.05) is 0 Å². The second kappa shape index (κ2) is 3.91. The lowest BCUT2D eigenvalue weighted by Crippen LogP contribution is -2.03. The molecule has 0 aliphatic carbocycles. The predicted octanol–water partition coefficient (Wildman–Crippen LogP) is 1.94. The molecule has 1 aromatic heterocycles. The molecular weight excluding hydrogens is 215 g/mol. The standard InChI is InChI=1S/C7H2F3N3O2/c8-6(9)4-2-12-7(10)5(13(14)15)3(4)1-11/h2,6H. The largest absolute Gasteiger partial charge is 0.342 e. The number of hydrogen-bond acceptors (Lipinski definition) is 4. The molecule has 1 rings (SSSR count). The number of pyridine rings is 1. The molecule has 78 valence electrons. The van der Waals surface area contributed by atoms with Crippen LogP contribution in [-0.2, 0) is 0 Å². The highest BCUT2D eigenvalue weighted by atomic mass is 19.3. The molecule has 0 N–H and O–H groups in total. The van der Waals surface area contributed by atoms with Gasteiger partial charge in [0.05, 0.1) is 10.5 Å². The van der Waals surface area contributed by atoms with E-state index in [0.29, 0.717) is 6.20 Å². The van der Waals surface area contributed by atoms with Crippen LogP contribution in [0.2, 0.25) is 0 Å². The third-order valence-corrected chi connectivity index (χ3v) is 1.57. The Morgan fingerprint density at radius 1 is 1.60 bits per heavy atom. The van der Waals surface area contributed by atoms with Crippen LogP contribution in [0.25, 0.3) is 0 Å². The summed E-state index contributed by atoms with van der Waals surface area (Å²) in [5.41, 5.74) is -3.27. The van der Waals surface area contributed by atoms with E-state index in [-0.39, 0.29) is 0 Å². The maximum atomic E-state index is 12.8. The summed E-state index contributed by atoms with van der Waals surface area (Å²) in [6.07, 6.45) is -2.71. The van der Waals surface area contributed by atoms with Gasteiger partial charge in [0, 0.05) is 6.20 Å². The van der Waals surface area contributed by atoms with Crippen LogP contribution in [0.15, 0.2) is 6.20 Å². The van der Waals surface area contributed by atoms with Gasteiger partial charge in [-0.1, -0.05) is 0 Å². The summed E-state index contributed by atoms with van der Waals surface area (Å²) in [4.78, 5) is 11.8. The Labute approximate surface area is 80.9 Å². The molecule has 0 amide bonds. The fourth-order valence-corrected chi connectivity index (χ4v) is 0.941. The number of hydrogen-bond donors (Lipinski definition) is 0. The van der Waals surface area contributed by atoms with Crippen molar-refractivity contribution in [1.82, 2.24) is 4.98 Å². The number of nitrogens with zero attached hydrogens (tertiary/aromatic N) is 3. The lowest BCUT2D eigenvalue weighted by atomic mass is 10.1. The van der Waals surface area contributed by atoms with E-state index in [1.165, 1.54) is 6.07 Å². The van der Waals surface area contributed by atoms with Gasteiger partial charge in [0.2, 0.25) is 0 Å². The summed E-state index contributed by atoms with van der Waals surface area (Å²) in [6.45, 7) is 0. The number of nitriles is 1. The normalized spacial score (nSPS) is 10.1. The van der Waals surface area contributed by atoms with Crippen LogP contribution in [-0.4, -0.2) is 9.91 Å². The smallest absolute Gasteiger partial charge is 0.258 e. The van der Waals surface area contributed by atoms with E-state index in [9.17, 15) is 23.3 Å². The molecule has 15 heavy (non-hydrogen) atoms. The third-order valence-electron chi connectivity index (χ3n) is 1.57. The highest BCUT2D eigenvalue weighted by molar-refractivity contribution is 5.52. The molecule has 8 heteroatoms. The monoisotopic (exact) mass is 217 g/mol. The van der Waals surface area contributed by atoms with Gasteiger partial charge in [-0.25, -0.2) is 13.8 Å². The second-order valence-electron chi connectivity index (χ2n) is 2.40. The molecular formula is C7H2F3N3O2. The van der Waals surface area contributed by atoms with Gasteiger partial charge in [-0.2, -0.15) is 9.65 Å². The number of nitro groups is 1. The number of rotatable bonds is 2. The molecule has 1 aromatic rings. The fraction of sp³-hybridized carbons (Fsp3) is 0.143. The molecule has 0 saturated heterocycles. The van der Waals surface area contributed by atoms with Crippen molar-refractivity contribution < 1.29 is 18.1 Å². The minimum atomic E-state index is -3.12. The van der Waals surface area contributed by atoms with E-state index < -0.39 is 34.1 Å². The van der Waals surface area contributed by atoms with Crippen LogP contribution in [0.5, 0.6) is 0 Å². The molecule has 0 saturated carbocycles. The minimum absolute atomic E-state index is 0.408. The van der Waals surface area contributed by atoms with Crippen LogP contribution >= 0.6 is 0 Å². The number of halogens is 3. The maximum absolute atomic E-state index is 12.8. The Balaban J connectivity index is 3.56. The van der Waals surface area contributed by atoms with Gasteiger partial charge in [-0.3, -0.25) is 10.1 Å². The Morgan fingerprint density at radius 3 is 2.60 bits per heavy atom. The first kappa shape index (κ1) is 10.9. The lowest BCUT2D eigenvalue weighted by Gasteiger charge is -2.02. The van der Waals surface area contributed by atoms with Gasteiger partial charge in [0.25, 0.3) is 12.4 Å². The Morgan fingerprint density at radius 2 is 2.20 bits per heavy atom. The van der Waals surface area contributed by atoms with E-state index in [1.54, 1.807) is 0 Å². The quantitative estimate of drug-likeness (QED) is 0.430. The number of aromatic nitrogens is 1. The zero-order valence-electron chi connectivity index (χ0n) is 6.95. The van der Waals surface area contributed by atoms with Crippen LogP contribution in [0.3, 0.4) is 0 Å². The van der Waals surface area contributed by atoms with Crippen molar-refractivity contribution in [1.29, 1.82) is 5.26 Å². The van der Waals surface area contributed by atoms with Gasteiger partial charge >= 0.3 is 5.69 Å². The minimum Gasteiger partial charge on any atom is -0.258 e. The van der Waals surface area contributed by atoms with Crippen molar-refractivity contribution in [2.24, 2.45) is 0 Å². The maximum Gasteiger partial charge on any atom is 0.342 e. The Hall–Kier alpha value is -2.17. The van der Waals surface area contributed by atoms with Gasteiger partial charge in [0.15, 0.2) is 0 Å². The molecule has 0 bridgehead atoms. The second-order valence-corrected chi connectivity index (χ2v) is 2.40. The van der Waals surface area contributed by atoms with Gasteiger partial charge in [-0.05, 0) is 0 Å². The summed E-state index contributed by atoms with van der Waals surface area (Å²) in [7, 11) is 0. The lowest BCUT2D eigenvalue weighted by molar-refractivity contribution is -0.388. The van der Waals surface area contributed by atoms with Gasteiger partial charge in [0.1, 0.15) is 11.6 Å². The zero-order valence-corrected chi connectivity index (χ0v) is 6.95. The summed E-state index contributed by atoms with van der Waals surface area (Å²) < 4.78 is 37.3. The van der Waals surface area contributed by atoms with E-state index in [1.807, 2.05) is 0 Å². The van der Waals surface area contributed by atoms with Crippen LogP contribution in [0, 0.1) is 27.4 Å². The average molecular weight is 217 g/mol. The molecule has 5 nitrogen and oxygen atoms in total. The van der Waals surface area contributed by atoms with Gasteiger partial charge in [-0.15, -0.1) is 0 Å². The zero-order chi connectivity index (χ0) is 11.6. The molecule has 0 spiro atoms. The first-order valence-corrected chi connectivity index (χ1v) is 3.50. The fourth-order valence-electron chi connectivity index (χ4n) is 0.941. The SMILES string of the molecule is N#Cc1c(C(F)F)cnc(F)c1[N+](=O)[O-]. The number of alkyl halides is 2. The molecule has 0 unspecified atom stereocenters. The summed E-state index contributed by atoms with van der Waals surface area (Å²) in [6, 6.07) is 1.17. The van der Waals surface area contributed by atoms with E-state index >= 15 is 0 Å². The predicted molar refractivity (Wildman–Crippen MR) is 40.5 cm³/mol. The molecule has 0 aliphatic heterocycles. The topological polar surface area (TPSA) is 79.8 Å². The average Bonchev–Trinajstić information content (AvgIpc) is 2.15. The van der Waals surface area contributed by atoms with Crippen molar-refractivity contribution >= 4 is 5.69 Å². The molecule has 0 aliphatic rings. The van der Waals surface area contributed by atoms with E-state index in [0.717, 1.165) is 0 Å². The van der Waals surface area contributed by atoms with Crippen molar-refractivity contribution in [3.63, 3.8) is 0 Å². The van der Waals surface area contributed by atoms with Crippen LogP contribution < -0.4 is 0 Å². The molecule has 0 radical (unpaired) electrons. The Kier molecular flexibility index (Phi) is 2.85. The summed E-state index contributed by atoms with van der Waals surface area (Å²) >= 11 is 0. The summed E-state index contributed by atoms with van der Waals surface area (Å²) in [5, 5.41) is 18.7. The first-order chi connectivity index (χ1) is 6.99. The molecule has 0 fully saturated rings. The first-order valence-electron chi connectivity index (χ1n) is 3.50. The van der Waals surface area contributed by atoms with Crippen LogP contribution in [0.1, 0.15) is 17.6 Å². The van der Waals surface area contributed by atoms with E-state index in [2.05, 4.69) is 4.98 Å². The highest BCUT2D eigenvalue weighted by Crippen LogP contribution is 2.29. The van der Waals surface area contributed by atoms with Crippen molar-refractivity contribution in [2.45, 2.75) is 6.43 Å². The van der Waals surface area contributed by atoms with Gasteiger partial charge < -0.3 is 0 Å². The van der Waals surface area contributed by atoms with Crippen LogP contribution in [0.4, 0.5) is 18.9 Å². The molecule has 0 aromatic carbocycles.